The van der Waals surface area contributed by atoms with Crippen molar-refractivity contribution in [1.29, 1.82) is 0 Å². The first-order valence-electron chi connectivity index (χ1n) is 7.29. The van der Waals surface area contributed by atoms with Gasteiger partial charge >= 0.3 is 6.09 Å². The predicted octanol–water partition coefficient (Wildman–Crippen LogP) is 3.49. The molecule has 3 aliphatic rings. The number of carbonyl (C=O) groups is 1. The van der Waals surface area contributed by atoms with Crippen LogP contribution in [-0.4, -0.2) is 34.3 Å². The number of rotatable bonds is 2. The average Bonchev–Trinajstić information content (AvgIpc) is 2.92. The maximum atomic E-state index is 12.1. The molecule has 0 aromatic rings. The van der Waals surface area contributed by atoms with Crippen molar-refractivity contribution in [1.82, 2.24) is 4.90 Å². The molecule has 2 heterocycles. The molecule has 102 valence electrons. The minimum Gasteiger partial charge on any atom is -0.443 e. The first kappa shape index (κ1) is 12.6. The van der Waals surface area contributed by atoms with Crippen LogP contribution < -0.4 is 0 Å². The third kappa shape index (κ3) is 2.02. The zero-order valence-corrected chi connectivity index (χ0v) is 12.1. The minimum absolute atomic E-state index is 0.0562. The molecule has 0 N–H and O–H groups in total. The Morgan fingerprint density at radius 2 is 2.00 bits per heavy atom. The molecule has 2 aliphatic heterocycles. The summed E-state index contributed by atoms with van der Waals surface area (Å²) >= 11 is 1.93. The fourth-order valence-electron chi connectivity index (χ4n) is 3.58. The summed E-state index contributed by atoms with van der Waals surface area (Å²) in [5.74, 6) is 2.22. The maximum absolute atomic E-state index is 12.1. The standard InChI is InChI=1S/C14H23NO2S/c1-9(2)11-8-18-13-12(17-14(16)15(11)13)10-6-4-3-5-7-10/h9-13H,3-8H2,1-2H3/t11-,12-,13+/m1/s1. The largest absolute Gasteiger partial charge is 0.443 e. The Morgan fingerprint density at radius 1 is 1.28 bits per heavy atom. The Morgan fingerprint density at radius 3 is 2.67 bits per heavy atom. The van der Waals surface area contributed by atoms with Crippen molar-refractivity contribution in [3.05, 3.63) is 0 Å². The molecule has 3 fully saturated rings. The van der Waals surface area contributed by atoms with Crippen LogP contribution in [0.1, 0.15) is 46.0 Å². The summed E-state index contributed by atoms with van der Waals surface area (Å²) in [6.07, 6.45) is 6.57. The van der Waals surface area contributed by atoms with E-state index in [1.54, 1.807) is 0 Å². The number of hydrogen-bond donors (Lipinski definition) is 0. The summed E-state index contributed by atoms with van der Waals surface area (Å²) < 4.78 is 5.71. The summed E-state index contributed by atoms with van der Waals surface area (Å²) in [4.78, 5) is 14.2. The zero-order chi connectivity index (χ0) is 12.7. The fraction of sp³-hybridized carbons (Fsp3) is 0.929. The summed E-state index contributed by atoms with van der Waals surface area (Å²) in [5, 5.41) is 0.299. The van der Waals surface area contributed by atoms with Gasteiger partial charge in [-0.2, -0.15) is 0 Å². The number of fused-ring (bicyclic) bond motifs is 1. The SMILES string of the molecule is CC(C)[C@H]1CS[C@H]2[C@@H](C3CCCCC3)OC(=O)N12. The Balaban J connectivity index is 1.74. The van der Waals surface area contributed by atoms with Crippen LogP contribution in [0.15, 0.2) is 0 Å². The number of cyclic esters (lactones) is 1. The predicted molar refractivity (Wildman–Crippen MR) is 73.6 cm³/mol. The molecule has 1 saturated carbocycles. The number of hydrogen-bond acceptors (Lipinski definition) is 3. The Labute approximate surface area is 114 Å². The second-order valence-electron chi connectivity index (χ2n) is 6.19. The van der Waals surface area contributed by atoms with Crippen LogP contribution in [-0.2, 0) is 4.74 Å². The van der Waals surface area contributed by atoms with Crippen LogP contribution in [0.5, 0.6) is 0 Å². The molecule has 1 aliphatic carbocycles. The smallest absolute Gasteiger partial charge is 0.411 e. The molecule has 18 heavy (non-hydrogen) atoms. The Bertz CT molecular complexity index is 328. The van der Waals surface area contributed by atoms with Crippen molar-refractivity contribution in [3.63, 3.8) is 0 Å². The molecule has 3 atom stereocenters. The molecule has 0 unspecified atom stereocenters. The summed E-state index contributed by atoms with van der Waals surface area (Å²) in [6.45, 7) is 4.41. The average molecular weight is 269 g/mol. The van der Waals surface area contributed by atoms with E-state index in [1.807, 2.05) is 16.7 Å². The van der Waals surface area contributed by atoms with Crippen molar-refractivity contribution in [2.75, 3.05) is 5.75 Å². The van der Waals surface area contributed by atoms with Crippen LogP contribution >= 0.6 is 11.8 Å². The van der Waals surface area contributed by atoms with Gasteiger partial charge < -0.3 is 4.74 Å². The van der Waals surface area contributed by atoms with E-state index in [1.165, 1.54) is 32.1 Å². The summed E-state index contributed by atoms with van der Waals surface area (Å²) in [6, 6.07) is 0.376. The molecule has 4 heteroatoms. The lowest BCUT2D eigenvalue weighted by atomic mass is 9.85. The van der Waals surface area contributed by atoms with Crippen LogP contribution in [0.3, 0.4) is 0 Å². The van der Waals surface area contributed by atoms with Crippen molar-refractivity contribution in [2.45, 2.75) is 63.5 Å². The normalized spacial score (nSPS) is 37.2. The van der Waals surface area contributed by atoms with Gasteiger partial charge in [-0.05, 0) is 24.7 Å². The molecule has 2 saturated heterocycles. The highest BCUT2D eigenvalue weighted by Crippen LogP contribution is 2.45. The van der Waals surface area contributed by atoms with Gasteiger partial charge in [-0.1, -0.05) is 33.1 Å². The molecule has 0 spiro atoms. The van der Waals surface area contributed by atoms with E-state index in [-0.39, 0.29) is 12.2 Å². The van der Waals surface area contributed by atoms with Gasteiger partial charge in [0.15, 0.2) is 0 Å². The van der Waals surface area contributed by atoms with Crippen molar-refractivity contribution < 1.29 is 9.53 Å². The van der Waals surface area contributed by atoms with Gasteiger partial charge in [0, 0.05) is 11.8 Å². The van der Waals surface area contributed by atoms with E-state index in [0.717, 1.165) is 5.75 Å². The second-order valence-corrected chi connectivity index (χ2v) is 7.34. The topological polar surface area (TPSA) is 29.5 Å². The highest BCUT2D eigenvalue weighted by Gasteiger charge is 2.52. The van der Waals surface area contributed by atoms with Crippen molar-refractivity contribution >= 4 is 17.9 Å². The second kappa shape index (κ2) is 4.95. The number of carbonyl (C=O) groups excluding carboxylic acids is 1. The molecule has 0 radical (unpaired) electrons. The van der Waals surface area contributed by atoms with Gasteiger partial charge in [0.05, 0.1) is 0 Å². The Hall–Kier alpha value is -0.380. The first-order valence-corrected chi connectivity index (χ1v) is 8.34. The molecule has 1 amide bonds. The van der Waals surface area contributed by atoms with Gasteiger partial charge in [0.1, 0.15) is 11.5 Å². The van der Waals surface area contributed by atoms with Crippen LogP contribution in [0, 0.1) is 11.8 Å². The Kier molecular flexibility index (Phi) is 3.48. The van der Waals surface area contributed by atoms with E-state index in [0.29, 0.717) is 23.3 Å². The summed E-state index contributed by atoms with van der Waals surface area (Å²) in [7, 11) is 0. The molecule has 0 aromatic heterocycles. The number of ether oxygens (including phenoxy) is 1. The number of nitrogens with zero attached hydrogens (tertiary/aromatic N) is 1. The van der Waals surface area contributed by atoms with Crippen LogP contribution in [0.4, 0.5) is 4.79 Å². The zero-order valence-electron chi connectivity index (χ0n) is 11.3. The lowest BCUT2D eigenvalue weighted by Crippen LogP contribution is -2.40. The van der Waals surface area contributed by atoms with Gasteiger partial charge in [0.2, 0.25) is 0 Å². The maximum Gasteiger partial charge on any atom is 0.411 e. The monoisotopic (exact) mass is 269 g/mol. The van der Waals surface area contributed by atoms with Gasteiger partial charge in [-0.3, -0.25) is 4.90 Å². The van der Waals surface area contributed by atoms with E-state index in [2.05, 4.69) is 13.8 Å². The molecule has 0 aromatic carbocycles. The molecular formula is C14H23NO2S. The fourth-order valence-corrected chi connectivity index (χ4v) is 5.39. The van der Waals surface area contributed by atoms with Crippen LogP contribution in [0.2, 0.25) is 0 Å². The van der Waals surface area contributed by atoms with Gasteiger partial charge in [0.25, 0.3) is 0 Å². The third-order valence-electron chi connectivity index (χ3n) is 4.68. The lowest BCUT2D eigenvalue weighted by Gasteiger charge is -2.29. The first-order chi connectivity index (χ1) is 8.68. The van der Waals surface area contributed by atoms with Crippen molar-refractivity contribution in [3.8, 4) is 0 Å². The highest BCUT2D eigenvalue weighted by atomic mass is 32.2. The van der Waals surface area contributed by atoms with Crippen molar-refractivity contribution in [2.24, 2.45) is 11.8 Å². The highest BCUT2D eigenvalue weighted by molar-refractivity contribution is 8.00. The lowest BCUT2D eigenvalue weighted by molar-refractivity contribution is 0.0839. The van der Waals surface area contributed by atoms with E-state index < -0.39 is 0 Å². The van der Waals surface area contributed by atoms with E-state index in [4.69, 9.17) is 4.74 Å². The quantitative estimate of drug-likeness (QED) is 0.768. The number of amides is 1. The van der Waals surface area contributed by atoms with E-state index in [9.17, 15) is 4.79 Å². The van der Waals surface area contributed by atoms with Gasteiger partial charge in [-0.25, -0.2) is 4.79 Å². The molecular weight excluding hydrogens is 246 g/mol. The number of thioether (sulfide) groups is 1. The third-order valence-corrected chi connectivity index (χ3v) is 6.05. The molecule has 0 bridgehead atoms. The molecule has 3 nitrogen and oxygen atoms in total. The van der Waals surface area contributed by atoms with Crippen LogP contribution in [0.25, 0.3) is 0 Å². The summed E-state index contributed by atoms with van der Waals surface area (Å²) in [5.41, 5.74) is 0. The minimum atomic E-state index is -0.0562. The van der Waals surface area contributed by atoms with E-state index >= 15 is 0 Å². The molecule has 3 rings (SSSR count). The van der Waals surface area contributed by atoms with Gasteiger partial charge in [-0.15, -0.1) is 11.8 Å².